The van der Waals surface area contributed by atoms with Gasteiger partial charge in [-0.1, -0.05) is 42.5 Å². The van der Waals surface area contributed by atoms with Crippen LogP contribution in [-0.4, -0.2) is 46.4 Å². The van der Waals surface area contributed by atoms with Gasteiger partial charge in [0.05, 0.1) is 18.7 Å². The Labute approximate surface area is 155 Å². The van der Waals surface area contributed by atoms with E-state index in [1.54, 1.807) is 54.6 Å². The molecule has 0 spiro atoms. The van der Waals surface area contributed by atoms with Gasteiger partial charge in [-0.25, -0.2) is 0 Å². The minimum atomic E-state index is -1.25. The van der Waals surface area contributed by atoms with E-state index in [4.69, 9.17) is 9.84 Å². The molecule has 7 heteroatoms. The maximum Gasteiger partial charge on any atom is 0.323 e. The first-order valence-corrected chi connectivity index (χ1v) is 8.13. The Kier molecular flexibility index (Phi) is 4.94. The Morgan fingerprint density at radius 1 is 1.04 bits per heavy atom. The zero-order valence-corrected chi connectivity index (χ0v) is 14.5. The summed E-state index contributed by atoms with van der Waals surface area (Å²) < 4.78 is 5.11. The number of aliphatic hydroxyl groups is 1. The number of likely N-dealkylation sites (tertiary alicyclic amines) is 1. The lowest BCUT2D eigenvalue weighted by atomic mass is 9.95. The van der Waals surface area contributed by atoms with Crippen molar-refractivity contribution in [1.29, 1.82) is 0 Å². The van der Waals surface area contributed by atoms with Gasteiger partial charge in [-0.2, -0.15) is 0 Å². The van der Waals surface area contributed by atoms with Crippen LogP contribution in [0.5, 0.6) is 5.75 Å². The molecule has 1 heterocycles. The Bertz CT molecular complexity index is 917. The Morgan fingerprint density at radius 3 is 2.22 bits per heavy atom. The van der Waals surface area contributed by atoms with Crippen molar-refractivity contribution in [2.24, 2.45) is 0 Å². The molecule has 7 nitrogen and oxygen atoms in total. The molecule has 1 aliphatic rings. The number of carboxylic acids is 1. The van der Waals surface area contributed by atoms with Gasteiger partial charge >= 0.3 is 5.97 Å². The second-order valence-corrected chi connectivity index (χ2v) is 5.96. The fourth-order valence-corrected chi connectivity index (χ4v) is 3.07. The van der Waals surface area contributed by atoms with Crippen LogP contribution >= 0.6 is 0 Å². The summed E-state index contributed by atoms with van der Waals surface area (Å²) in [6, 6.07) is 13.8. The van der Waals surface area contributed by atoms with E-state index in [2.05, 4.69) is 0 Å². The minimum Gasteiger partial charge on any atom is -0.507 e. The van der Waals surface area contributed by atoms with E-state index < -0.39 is 30.2 Å². The van der Waals surface area contributed by atoms with Crippen LogP contribution in [0.2, 0.25) is 0 Å². The van der Waals surface area contributed by atoms with E-state index in [0.717, 1.165) is 4.90 Å². The number of amides is 1. The van der Waals surface area contributed by atoms with Crippen LogP contribution in [0.25, 0.3) is 5.76 Å². The monoisotopic (exact) mass is 367 g/mol. The third kappa shape index (κ3) is 3.39. The Morgan fingerprint density at radius 2 is 1.67 bits per heavy atom. The number of benzene rings is 2. The summed E-state index contributed by atoms with van der Waals surface area (Å²) in [7, 11) is 1.50. The molecular weight excluding hydrogens is 350 g/mol. The highest BCUT2D eigenvalue weighted by Gasteiger charge is 2.46. The number of carbonyl (C=O) groups excluding carboxylic acids is 2. The molecule has 1 unspecified atom stereocenters. The lowest BCUT2D eigenvalue weighted by molar-refractivity contribution is -0.146. The summed E-state index contributed by atoms with van der Waals surface area (Å²) in [6.45, 7) is -0.660. The minimum absolute atomic E-state index is 0.141. The first-order chi connectivity index (χ1) is 12.9. The third-order valence-corrected chi connectivity index (χ3v) is 4.32. The largest absolute Gasteiger partial charge is 0.507 e. The molecule has 0 aliphatic carbocycles. The second-order valence-electron chi connectivity index (χ2n) is 5.96. The van der Waals surface area contributed by atoms with E-state index in [1.165, 1.54) is 7.11 Å². The fraction of sp³-hybridized carbons (Fsp3) is 0.150. The molecule has 3 rings (SSSR count). The number of aliphatic hydroxyl groups excluding tert-OH is 1. The van der Waals surface area contributed by atoms with E-state index in [-0.39, 0.29) is 11.3 Å². The molecule has 1 saturated heterocycles. The highest BCUT2D eigenvalue weighted by atomic mass is 16.5. The summed E-state index contributed by atoms with van der Waals surface area (Å²) in [6.07, 6.45) is 0. The predicted molar refractivity (Wildman–Crippen MR) is 96.1 cm³/mol. The van der Waals surface area contributed by atoms with Gasteiger partial charge < -0.3 is 19.8 Å². The number of aliphatic carboxylic acids is 1. The van der Waals surface area contributed by atoms with Gasteiger partial charge in [-0.05, 0) is 17.7 Å². The fourth-order valence-electron chi connectivity index (χ4n) is 3.07. The van der Waals surface area contributed by atoms with Crippen LogP contribution in [0.15, 0.2) is 60.2 Å². The smallest absolute Gasteiger partial charge is 0.323 e. The lowest BCUT2D eigenvalue weighted by Crippen LogP contribution is -2.34. The summed E-state index contributed by atoms with van der Waals surface area (Å²) in [5.74, 6) is -2.91. The van der Waals surface area contributed by atoms with Crippen molar-refractivity contribution in [2.45, 2.75) is 6.04 Å². The van der Waals surface area contributed by atoms with Crippen LogP contribution in [0, 0.1) is 0 Å². The van der Waals surface area contributed by atoms with Crippen LogP contribution in [-0.2, 0) is 14.4 Å². The molecule has 2 N–H and O–H groups in total. The highest BCUT2D eigenvalue weighted by Crippen LogP contribution is 2.39. The molecule has 2 aromatic rings. The van der Waals surface area contributed by atoms with Gasteiger partial charge in [0.15, 0.2) is 0 Å². The molecule has 27 heavy (non-hydrogen) atoms. The van der Waals surface area contributed by atoms with Gasteiger partial charge in [-0.15, -0.1) is 0 Å². The number of hydrogen-bond donors (Lipinski definition) is 2. The summed E-state index contributed by atoms with van der Waals surface area (Å²) in [4.78, 5) is 37.2. The number of methoxy groups -OCH3 is 1. The molecule has 0 radical (unpaired) electrons. The molecule has 1 amide bonds. The Hall–Kier alpha value is -3.61. The normalized spacial score (nSPS) is 18.6. The summed E-state index contributed by atoms with van der Waals surface area (Å²) >= 11 is 0. The molecule has 0 aromatic heterocycles. The average molecular weight is 367 g/mol. The SMILES string of the molecule is COc1ccc(C2/C(=C(\O)c3ccccc3)C(=O)C(=O)N2CC(=O)O)cc1. The first kappa shape index (κ1) is 18.2. The van der Waals surface area contributed by atoms with Gasteiger partial charge in [0.2, 0.25) is 0 Å². The number of hydrogen-bond acceptors (Lipinski definition) is 5. The standard InChI is InChI=1S/C20H17NO6/c1-27-14-9-7-12(8-10-14)17-16(18(24)13-5-3-2-4-6-13)19(25)20(26)21(17)11-15(22)23/h2-10,17,24H,11H2,1H3,(H,22,23)/b18-16+. The number of Topliss-reactive ketones (excluding diaryl/α,β-unsaturated/α-hetero) is 1. The predicted octanol–water partition coefficient (Wildman–Crippen LogP) is 2.20. The van der Waals surface area contributed by atoms with Gasteiger partial charge in [-0.3, -0.25) is 14.4 Å². The van der Waals surface area contributed by atoms with Crippen molar-refractivity contribution in [1.82, 2.24) is 4.90 Å². The zero-order valence-electron chi connectivity index (χ0n) is 14.5. The molecule has 1 aliphatic heterocycles. The van der Waals surface area contributed by atoms with Crippen LogP contribution in [0.1, 0.15) is 17.2 Å². The molecule has 1 fully saturated rings. The first-order valence-electron chi connectivity index (χ1n) is 8.13. The van der Waals surface area contributed by atoms with Crippen molar-refractivity contribution in [3.05, 3.63) is 71.3 Å². The van der Waals surface area contributed by atoms with Crippen molar-refractivity contribution in [3.63, 3.8) is 0 Å². The maximum atomic E-state index is 12.6. The molecule has 0 saturated carbocycles. The Balaban J connectivity index is 2.17. The number of ketones is 1. The van der Waals surface area contributed by atoms with Gasteiger partial charge in [0.25, 0.3) is 11.7 Å². The number of nitrogens with zero attached hydrogens (tertiary/aromatic N) is 1. The molecule has 2 aromatic carbocycles. The number of carbonyl (C=O) groups is 3. The quantitative estimate of drug-likeness (QED) is 0.477. The van der Waals surface area contributed by atoms with Crippen LogP contribution in [0.4, 0.5) is 0 Å². The third-order valence-electron chi connectivity index (χ3n) is 4.32. The molecule has 0 bridgehead atoms. The van der Waals surface area contributed by atoms with Crippen molar-refractivity contribution in [3.8, 4) is 5.75 Å². The highest BCUT2D eigenvalue weighted by molar-refractivity contribution is 6.46. The van der Waals surface area contributed by atoms with E-state index in [0.29, 0.717) is 16.9 Å². The molecule has 1 atom stereocenters. The average Bonchev–Trinajstić information content (AvgIpc) is 2.92. The van der Waals surface area contributed by atoms with E-state index >= 15 is 0 Å². The summed E-state index contributed by atoms with van der Waals surface area (Å²) in [5.41, 5.74) is 0.718. The van der Waals surface area contributed by atoms with E-state index in [9.17, 15) is 19.5 Å². The number of carboxylic acid groups (broad SMARTS) is 1. The van der Waals surface area contributed by atoms with Crippen molar-refractivity contribution in [2.75, 3.05) is 13.7 Å². The lowest BCUT2D eigenvalue weighted by Gasteiger charge is -2.23. The van der Waals surface area contributed by atoms with E-state index in [1.807, 2.05) is 0 Å². The summed E-state index contributed by atoms with van der Waals surface area (Å²) in [5, 5.41) is 19.9. The zero-order chi connectivity index (χ0) is 19.6. The molecule has 138 valence electrons. The number of ether oxygens (including phenoxy) is 1. The second kappa shape index (κ2) is 7.33. The van der Waals surface area contributed by atoms with Crippen molar-refractivity contribution < 1.29 is 29.3 Å². The van der Waals surface area contributed by atoms with Crippen molar-refractivity contribution >= 4 is 23.4 Å². The van der Waals surface area contributed by atoms with Crippen LogP contribution in [0.3, 0.4) is 0 Å². The van der Waals surface area contributed by atoms with Gasteiger partial charge in [0, 0.05) is 5.56 Å². The maximum absolute atomic E-state index is 12.6. The molecular formula is C20H17NO6. The number of rotatable bonds is 5. The van der Waals surface area contributed by atoms with Crippen LogP contribution < -0.4 is 4.74 Å². The topological polar surface area (TPSA) is 104 Å². The van der Waals surface area contributed by atoms with Gasteiger partial charge in [0.1, 0.15) is 18.1 Å².